The van der Waals surface area contributed by atoms with Gasteiger partial charge in [-0.25, -0.2) is 9.59 Å². The Bertz CT molecular complexity index is 698. The summed E-state index contributed by atoms with van der Waals surface area (Å²) in [7, 11) is -1.98. The van der Waals surface area contributed by atoms with Crippen molar-refractivity contribution in [3.8, 4) is 0 Å². The molecule has 2 aliphatic rings. The van der Waals surface area contributed by atoms with E-state index < -0.39 is 8.32 Å². The lowest BCUT2D eigenvalue weighted by Crippen LogP contribution is -2.45. The van der Waals surface area contributed by atoms with Crippen LogP contribution in [0, 0.1) is 0 Å². The molecule has 30 heavy (non-hydrogen) atoms. The standard InChI is InChI=1S/C22H36N2O5Si/c1-8-12-27-20(25)23-11-10-17(15-23)19-14-18(29-30(6,7)22(3,4)5)16-24(19)21(26)28-13-9-2/h8-10,18-19H,1-2,11-16H2,3-7H3/t18-,19+/m1/s1. The van der Waals surface area contributed by atoms with E-state index in [4.69, 9.17) is 13.9 Å². The van der Waals surface area contributed by atoms with Crippen molar-refractivity contribution in [2.45, 2.75) is 57.5 Å². The van der Waals surface area contributed by atoms with Crippen LogP contribution in [-0.2, 0) is 13.9 Å². The summed E-state index contributed by atoms with van der Waals surface area (Å²) in [6, 6.07) is -0.158. The number of likely N-dealkylation sites (tertiary alicyclic amines) is 1. The summed E-state index contributed by atoms with van der Waals surface area (Å²) in [4.78, 5) is 28.2. The zero-order valence-electron chi connectivity index (χ0n) is 19.0. The van der Waals surface area contributed by atoms with E-state index in [9.17, 15) is 9.59 Å². The van der Waals surface area contributed by atoms with Crippen molar-refractivity contribution in [2.75, 3.05) is 32.8 Å². The molecule has 7 nitrogen and oxygen atoms in total. The van der Waals surface area contributed by atoms with Crippen molar-refractivity contribution in [2.24, 2.45) is 0 Å². The molecule has 0 aliphatic carbocycles. The highest BCUT2D eigenvalue weighted by molar-refractivity contribution is 6.74. The van der Waals surface area contributed by atoms with Crippen molar-refractivity contribution < 1.29 is 23.5 Å². The molecule has 0 aromatic carbocycles. The first-order valence-corrected chi connectivity index (χ1v) is 13.3. The SMILES string of the molecule is C=CCOC(=O)N1CC=C([C@@H]2C[C@@H](O[Si](C)(C)C(C)(C)C)CN2C(=O)OCC=C)C1. The lowest BCUT2D eigenvalue weighted by atomic mass is 10.1. The van der Waals surface area contributed by atoms with Gasteiger partial charge >= 0.3 is 12.2 Å². The molecule has 2 aliphatic heterocycles. The molecule has 2 rings (SSSR count). The van der Waals surface area contributed by atoms with E-state index in [0.29, 0.717) is 26.1 Å². The van der Waals surface area contributed by atoms with Crippen LogP contribution in [0.25, 0.3) is 0 Å². The van der Waals surface area contributed by atoms with Crippen LogP contribution < -0.4 is 0 Å². The maximum Gasteiger partial charge on any atom is 0.410 e. The monoisotopic (exact) mass is 436 g/mol. The molecule has 8 heteroatoms. The molecule has 0 spiro atoms. The first kappa shape index (κ1) is 24.2. The Morgan fingerprint density at radius 1 is 1.17 bits per heavy atom. The second-order valence-electron chi connectivity index (χ2n) is 9.29. The quantitative estimate of drug-likeness (QED) is 0.439. The highest BCUT2D eigenvalue weighted by Gasteiger charge is 2.45. The molecular weight excluding hydrogens is 400 g/mol. The van der Waals surface area contributed by atoms with Crippen molar-refractivity contribution in [3.05, 3.63) is 37.0 Å². The van der Waals surface area contributed by atoms with Gasteiger partial charge in [0.25, 0.3) is 0 Å². The summed E-state index contributed by atoms with van der Waals surface area (Å²) in [5.74, 6) is 0. The van der Waals surface area contributed by atoms with Crippen LogP contribution in [-0.4, -0.2) is 75.3 Å². The zero-order chi connectivity index (χ0) is 22.5. The molecule has 0 saturated carbocycles. The van der Waals surface area contributed by atoms with Crippen molar-refractivity contribution in [1.82, 2.24) is 9.80 Å². The van der Waals surface area contributed by atoms with Crippen molar-refractivity contribution in [1.29, 1.82) is 0 Å². The van der Waals surface area contributed by atoms with Crippen LogP contribution in [0.15, 0.2) is 37.0 Å². The highest BCUT2D eigenvalue weighted by Crippen LogP contribution is 2.40. The summed E-state index contributed by atoms with van der Waals surface area (Å²) in [5, 5.41) is 0.0810. The minimum Gasteiger partial charge on any atom is -0.445 e. The van der Waals surface area contributed by atoms with Gasteiger partial charge in [-0.2, -0.15) is 0 Å². The number of hydrogen-bond donors (Lipinski definition) is 0. The van der Waals surface area contributed by atoms with E-state index in [1.807, 2.05) is 6.08 Å². The van der Waals surface area contributed by atoms with Gasteiger partial charge in [0.05, 0.1) is 12.1 Å². The molecule has 2 heterocycles. The van der Waals surface area contributed by atoms with E-state index in [1.54, 1.807) is 22.0 Å². The Labute approximate surface area is 181 Å². The van der Waals surface area contributed by atoms with E-state index in [1.165, 1.54) is 0 Å². The Morgan fingerprint density at radius 2 is 1.77 bits per heavy atom. The molecule has 1 fully saturated rings. The maximum absolute atomic E-state index is 12.7. The lowest BCUT2D eigenvalue weighted by Gasteiger charge is -2.38. The minimum absolute atomic E-state index is 0.0603. The number of ether oxygens (including phenoxy) is 2. The number of carbonyl (C=O) groups is 2. The third-order valence-electron chi connectivity index (χ3n) is 6.05. The summed E-state index contributed by atoms with van der Waals surface area (Å²) in [5.41, 5.74) is 1.02. The maximum atomic E-state index is 12.7. The Balaban J connectivity index is 2.12. The molecule has 0 radical (unpaired) electrons. The number of amides is 2. The molecular formula is C22H36N2O5Si. The van der Waals surface area contributed by atoms with E-state index in [2.05, 4.69) is 47.0 Å². The largest absolute Gasteiger partial charge is 0.445 e. The molecule has 168 valence electrons. The molecule has 0 aromatic rings. The normalized spacial score (nSPS) is 22.0. The van der Waals surface area contributed by atoms with Crippen LogP contribution in [0.4, 0.5) is 9.59 Å². The van der Waals surface area contributed by atoms with Crippen LogP contribution in [0.5, 0.6) is 0 Å². The number of nitrogens with zero attached hydrogens (tertiary/aromatic N) is 2. The van der Waals surface area contributed by atoms with Gasteiger partial charge in [-0.05, 0) is 30.1 Å². The molecule has 0 unspecified atom stereocenters. The Morgan fingerprint density at radius 3 is 2.33 bits per heavy atom. The van der Waals surface area contributed by atoms with Gasteiger partial charge in [-0.3, -0.25) is 4.90 Å². The topological polar surface area (TPSA) is 68.3 Å². The average Bonchev–Trinajstić information content (AvgIpc) is 3.30. The first-order valence-electron chi connectivity index (χ1n) is 10.4. The summed E-state index contributed by atoms with van der Waals surface area (Å²) < 4.78 is 17.0. The van der Waals surface area contributed by atoms with Crippen LogP contribution in [0.2, 0.25) is 18.1 Å². The van der Waals surface area contributed by atoms with E-state index in [0.717, 1.165) is 5.57 Å². The number of hydrogen-bond acceptors (Lipinski definition) is 5. The minimum atomic E-state index is -1.98. The zero-order valence-corrected chi connectivity index (χ0v) is 20.0. The first-order chi connectivity index (χ1) is 14.0. The Kier molecular flexibility index (Phi) is 7.93. The fourth-order valence-electron chi connectivity index (χ4n) is 3.42. The van der Waals surface area contributed by atoms with Crippen molar-refractivity contribution >= 4 is 20.5 Å². The number of carbonyl (C=O) groups excluding carboxylic acids is 2. The van der Waals surface area contributed by atoms with Gasteiger partial charge in [-0.1, -0.05) is 52.2 Å². The third kappa shape index (κ3) is 5.76. The predicted molar refractivity (Wildman–Crippen MR) is 120 cm³/mol. The fourth-order valence-corrected chi connectivity index (χ4v) is 4.78. The smallest absolute Gasteiger partial charge is 0.410 e. The predicted octanol–water partition coefficient (Wildman–Crippen LogP) is 4.34. The summed E-state index contributed by atoms with van der Waals surface area (Å²) in [6.07, 6.45) is 4.97. The molecule has 2 amide bonds. The lowest BCUT2D eigenvalue weighted by molar-refractivity contribution is 0.105. The molecule has 0 N–H and O–H groups in total. The van der Waals surface area contributed by atoms with Crippen LogP contribution in [0.3, 0.4) is 0 Å². The van der Waals surface area contributed by atoms with Gasteiger partial charge in [-0.15, -0.1) is 0 Å². The van der Waals surface area contributed by atoms with Gasteiger partial charge < -0.3 is 18.8 Å². The second-order valence-corrected chi connectivity index (χ2v) is 14.1. The van der Waals surface area contributed by atoms with Crippen LogP contribution >= 0.6 is 0 Å². The molecule has 2 atom stereocenters. The average molecular weight is 437 g/mol. The second kappa shape index (κ2) is 9.83. The third-order valence-corrected chi connectivity index (χ3v) is 10.6. The van der Waals surface area contributed by atoms with Crippen molar-refractivity contribution in [3.63, 3.8) is 0 Å². The van der Waals surface area contributed by atoms with Gasteiger partial charge in [0.15, 0.2) is 8.32 Å². The summed E-state index contributed by atoms with van der Waals surface area (Å²) in [6.45, 7) is 19.9. The Hall–Kier alpha value is -2.06. The highest BCUT2D eigenvalue weighted by atomic mass is 28.4. The molecule has 0 aromatic heterocycles. The summed E-state index contributed by atoms with van der Waals surface area (Å²) >= 11 is 0. The molecule has 1 saturated heterocycles. The van der Waals surface area contributed by atoms with E-state index >= 15 is 0 Å². The van der Waals surface area contributed by atoms with Gasteiger partial charge in [0, 0.05) is 19.6 Å². The van der Waals surface area contributed by atoms with Crippen LogP contribution in [0.1, 0.15) is 27.2 Å². The van der Waals surface area contributed by atoms with E-state index in [-0.39, 0.29) is 42.6 Å². The van der Waals surface area contributed by atoms with Gasteiger partial charge in [0.1, 0.15) is 13.2 Å². The molecule has 0 bridgehead atoms. The fraction of sp³-hybridized carbons (Fsp3) is 0.636. The van der Waals surface area contributed by atoms with Gasteiger partial charge in [0.2, 0.25) is 0 Å². The number of rotatable bonds is 7.